The Bertz CT molecular complexity index is 204. The maximum Gasteiger partial charge on any atom is 0.0701 e. The molecule has 3 N–H and O–H groups in total. The minimum absolute atomic E-state index is 0.127. The van der Waals surface area contributed by atoms with Crippen LogP contribution in [0.5, 0.6) is 0 Å². The van der Waals surface area contributed by atoms with Crippen molar-refractivity contribution < 1.29 is 9.84 Å². The van der Waals surface area contributed by atoms with E-state index in [0.29, 0.717) is 18.1 Å². The lowest BCUT2D eigenvalue weighted by molar-refractivity contribution is -0.0150. The lowest BCUT2D eigenvalue weighted by Crippen LogP contribution is -2.46. The number of hydrogen-bond donors (Lipinski definition) is 2. The summed E-state index contributed by atoms with van der Waals surface area (Å²) in [6, 6.07) is 0. The van der Waals surface area contributed by atoms with Crippen LogP contribution < -0.4 is 5.73 Å². The van der Waals surface area contributed by atoms with Crippen LogP contribution in [0, 0.1) is 5.41 Å². The van der Waals surface area contributed by atoms with Crippen molar-refractivity contribution in [2.24, 2.45) is 11.1 Å². The molecule has 0 atom stereocenters. The number of aliphatic hydroxyl groups excluding tert-OH is 1. The second-order valence-corrected chi connectivity index (χ2v) is 5.48. The van der Waals surface area contributed by atoms with Gasteiger partial charge in [-0.2, -0.15) is 0 Å². The molecule has 0 aromatic carbocycles. The number of rotatable bonds is 8. The Morgan fingerprint density at radius 2 is 1.89 bits per heavy atom. The van der Waals surface area contributed by atoms with Crippen molar-refractivity contribution in [2.75, 3.05) is 39.4 Å². The fourth-order valence-corrected chi connectivity index (χ4v) is 2.75. The minimum atomic E-state index is 0.127. The molecule has 1 heterocycles. The van der Waals surface area contributed by atoms with Crippen LogP contribution >= 0.6 is 0 Å². The molecule has 1 fully saturated rings. The average molecular weight is 258 g/mol. The summed E-state index contributed by atoms with van der Waals surface area (Å²) in [5, 5.41) is 8.75. The van der Waals surface area contributed by atoms with Crippen molar-refractivity contribution in [3.63, 3.8) is 0 Å². The van der Waals surface area contributed by atoms with Crippen molar-refractivity contribution in [1.82, 2.24) is 4.90 Å². The number of nitrogens with zero attached hydrogens (tertiary/aromatic N) is 1. The van der Waals surface area contributed by atoms with E-state index < -0.39 is 0 Å². The highest BCUT2D eigenvalue weighted by atomic mass is 16.5. The van der Waals surface area contributed by atoms with E-state index in [1.165, 1.54) is 0 Å². The first kappa shape index (κ1) is 15.9. The van der Waals surface area contributed by atoms with Gasteiger partial charge in [0.2, 0.25) is 0 Å². The van der Waals surface area contributed by atoms with Crippen LogP contribution in [0.2, 0.25) is 0 Å². The number of piperidine rings is 1. The van der Waals surface area contributed by atoms with E-state index in [1.54, 1.807) is 0 Å². The van der Waals surface area contributed by atoms with Gasteiger partial charge in [-0.25, -0.2) is 0 Å². The highest BCUT2D eigenvalue weighted by Gasteiger charge is 2.29. The van der Waals surface area contributed by atoms with E-state index in [4.69, 9.17) is 15.6 Å². The molecule has 1 aliphatic heterocycles. The summed E-state index contributed by atoms with van der Waals surface area (Å²) in [6.07, 6.45) is 4.80. The molecule has 108 valence electrons. The normalized spacial score (nSPS) is 19.3. The summed E-state index contributed by atoms with van der Waals surface area (Å²) < 4.78 is 5.59. The predicted molar refractivity (Wildman–Crippen MR) is 74.6 cm³/mol. The van der Waals surface area contributed by atoms with Crippen LogP contribution in [0.4, 0.5) is 0 Å². The van der Waals surface area contributed by atoms with Gasteiger partial charge in [-0.05, 0) is 37.6 Å². The molecule has 0 aromatic rings. The summed E-state index contributed by atoms with van der Waals surface area (Å²) in [5.74, 6) is 0. The molecule has 4 nitrogen and oxygen atoms in total. The van der Waals surface area contributed by atoms with Gasteiger partial charge in [-0.15, -0.1) is 0 Å². The van der Waals surface area contributed by atoms with E-state index in [-0.39, 0.29) is 6.61 Å². The third kappa shape index (κ3) is 4.50. The van der Waals surface area contributed by atoms with Crippen LogP contribution in [0.1, 0.15) is 39.5 Å². The number of nitrogens with two attached hydrogens (primary N) is 1. The summed E-state index contributed by atoms with van der Waals surface area (Å²) in [7, 11) is 0. The summed E-state index contributed by atoms with van der Waals surface area (Å²) in [4.78, 5) is 2.53. The number of ether oxygens (including phenoxy) is 1. The zero-order valence-electron chi connectivity index (χ0n) is 12.0. The first-order valence-corrected chi connectivity index (χ1v) is 7.34. The van der Waals surface area contributed by atoms with Crippen LogP contribution in [-0.2, 0) is 4.74 Å². The van der Waals surface area contributed by atoms with Gasteiger partial charge in [0, 0.05) is 19.6 Å². The number of likely N-dealkylation sites (tertiary alicyclic amines) is 1. The Hall–Kier alpha value is -0.160. The topological polar surface area (TPSA) is 58.7 Å². The molecule has 18 heavy (non-hydrogen) atoms. The van der Waals surface area contributed by atoms with Gasteiger partial charge in [0.15, 0.2) is 0 Å². The maximum absolute atomic E-state index is 8.75. The van der Waals surface area contributed by atoms with Crippen molar-refractivity contribution in [3.8, 4) is 0 Å². The van der Waals surface area contributed by atoms with Gasteiger partial charge >= 0.3 is 0 Å². The van der Waals surface area contributed by atoms with Crippen molar-refractivity contribution in [1.29, 1.82) is 0 Å². The van der Waals surface area contributed by atoms with Crippen LogP contribution in [-0.4, -0.2) is 55.5 Å². The van der Waals surface area contributed by atoms with Crippen molar-refractivity contribution in [2.45, 2.75) is 45.6 Å². The van der Waals surface area contributed by atoms with Crippen LogP contribution in [0.3, 0.4) is 0 Å². The largest absolute Gasteiger partial charge is 0.394 e. The maximum atomic E-state index is 8.75. The average Bonchev–Trinajstić information content (AvgIpc) is 2.44. The van der Waals surface area contributed by atoms with Crippen molar-refractivity contribution >= 4 is 0 Å². The Morgan fingerprint density at radius 3 is 2.33 bits per heavy atom. The Labute approximate surface area is 111 Å². The van der Waals surface area contributed by atoms with Gasteiger partial charge in [-0.3, -0.25) is 0 Å². The van der Waals surface area contributed by atoms with Crippen molar-refractivity contribution in [3.05, 3.63) is 0 Å². The van der Waals surface area contributed by atoms with Gasteiger partial charge < -0.3 is 20.5 Å². The molecule has 0 spiro atoms. The van der Waals surface area contributed by atoms with Crippen LogP contribution in [0.25, 0.3) is 0 Å². The molecule has 0 saturated carbocycles. The Kier molecular flexibility index (Phi) is 7.15. The number of aliphatic hydroxyl groups is 1. The van der Waals surface area contributed by atoms with Gasteiger partial charge in [0.05, 0.1) is 19.3 Å². The predicted octanol–water partition coefficient (Wildman–Crippen LogP) is 1.22. The fourth-order valence-electron chi connectivity index (χ4n) is 2.75. The summed E-state index contributed by atoms with van der Waals surface area (Å²) in [6.45, 7) is 9.17. The molecular formula is C14H30N2O2. The van der Waals surface area contributed by atoms with Gasteiger partial charge in [0.25, 0.3) is 0 Å². The monoisotopic (exact) mass is 258 g/mol. The van der Waals surface area contributed by atoms with E-state index in [2.05, 4.69) is 18.7 Å². The molecule has 4 heteroatoms. The van der Waals surface area contributed by atoms with Gasteiger partial charge in [-0.1, -0.05) is 13.8 Å². The van der Waals surface area contributed by atoms with Crippen LogP contribution in [0.15, 0.2) is 0 Å². The summed E-state index contributed by atoms with van der Waals surface area (Å²) in [5.41, 5.74) is 6.25. The molecule has 0 amide bonds. The second-order valence-electron chi connectivity index (χ2n) is 5.48. The lowest BCUT2D eigenvalue weighted by atomic mass is 9.81. The highest BCUT2D eigenvalue weighted by molar-refractivity contribution is 4.84. The molecule has 1 saturated heterocycles. The lowest BCUT2D eigenvalue weighted by Gasteiger charge is -2.39. The quantitative estimate of drug-likeness (QED) is 0.687. The molecule has 0 aliphatic carbocycles. The molecule has 0 aromatic heterocycles. The first-order chi connectivity index (χ1) is 8.69. The SMILES string of the molecule is CCC(CC)(CN)CN1CCC(OCCO)CC1. The fraction of sp³-hybridized carbons (Fsp3) is 1.00. The van der Waals surface area contributed by atoms with Gasteiger partial charge in [0.1, 0.15) is 0 Å². The Morgan fingerprint density at radius 1 is 1.28 bits per heavy atom. The molecule has 1 rings (SSSR count). The standard InChI is InChI=1S/C14H30N2O2/c1-3-14(4-2,11-15)12-16-7-5-13(6-8-16)18-10-9-17/h13,17H,3-12,15H2,1-2H3. The second kappa shape index (κ2) is 8.10. The first-order valence-electron chi connectivity index (χ1n) is 7.34. The smallest absolute Gasteiger partial charge is 0.0701 e. The molecule has 0 radical (unpaired) electrons. The highest BCUT2D eigenvalue weighted by Crippen LogP contribution is 2.27. The minimum Gasteiger partial charge on any atom is -0.394 e. The van der Waals surface area contributed by atoms with E-state index >= 15 is 0 Å². The van der Waals surface area contributed by atoms with E-state index in [9.17, 15) is 0 Å². The number of hydrogen-bond acceptors (Lipinski definition) is 4. The molecule has 0 bridgehead atoms. The Balaban J connectivity index is 2.34. The zero-order valence-corrected chi connectivity index (χ0v) is 12.0. The zero-order chi connectivity index (χ0) is 13.4. The molecule has 0 unspecified atom stereocenters. The third-order valence-corrected chi connectivity index (χ3v) is 4.47. The van der Waals surface area contributed by atoms with E-state index in [1.807, 2.05) is 0 Å². The molecular weight excluding hydrogens is 228 g/mol. The summed E-state index contributed by atoms with van der Waals surface area (Å²) >= 11 is 0. The molecule has 1 aliphatic rings. The third-order valence-electron chi connectivity index (χ3n) is 4.47. The van der Waals surface area contributed by atoms with E-state index in [0.717, 1.165) is 51.9 Å².